The van der Waals surface area contributed by atoms with Crippen LogP contribution < -0.4 is 9.64 Å². The van der Waals surface area contributed by atoms with Gasteiger partial charge in [0, 0.05) is 18.5 Å². The Morgan fingerprint density at radius 2 is 1.82 bits per heavy atom. The smallest absolute Gasteiger partial charge is 0.260 e. The molecule has 0 N–H and O–H groups in total. The molecule has 5 rings (SSSR count). The van der Waals surface area contributed by atoms with Crippen molar-refractivity contribution in [3.8, 4) is 16.3 Å². The second-order valence-corrected chi connectivity index (χ2v) is 10.1. The van der Waals surface area contributed by atoms with Crippen molar-refractivity contribution < 1.29 is 9.53 Å². The number of anilines is 1. The van der Waals surface area contributed by atoms with Crippen molar-refractivity contribution in [2.45, 2.75) is 0 Å². The lowest BCUT2D eigenvalue weighted by Crippen LogP contribution is -2.37. The molecule has 0 bridgehead atoms. The van der Waals surface area contributed by atoms with Gasteiger partial charge < -0.3 is 9.64 Å². The minimum Gasteiger partial charge on any atom is -0.497 e. The summed E-state index contributed by atoms with van der Waals surface area (Å²) < 4.78 is 6.35. The number of thiazole rings is 1. The van der Waals surface area contributed by atoms with Crippen molar-refractivity contribution in [1.29, 1.82) is 0 Å². The van der Waals surface area contributed by atoms with Crippen LogP contribution in [0, 0.1) is 0 Å². The number of benzene rings is 2. The fraction of sp³-hybridized carbons (Fsp3) is 0.192. The Morgan fingerprint density at radius 1 is 0.971 bits per heavy atom. The molecule has 0 aliphatic heterocycles. The van der Waals surface area contributed by atoms with Crippen LogP contribution in [0.3, 0.4) is 0 Å². The molecule has 172 valence electrons. The number of hydrogen-bond acceptors (Lipinski definition) is 7. The zero-order valence-electron chi connectivity index (χ0n) is 19.2. The molecule has 0 aliphatic rings. The van der Waals surface area contributed by atoms with Crippen LogP contribution in [0.4, 0.5) is 5.13 Å². The van der Waals surface area contributed by atoms with Gasteiger partial charge in [-0.2, -0.15) is 0 Å². The standard InChI is InChI=1S/C26H24N4O2S2/c1-29(2)12-13-30(26-28-21-11-10-17(32-3)15-24(21)34-26)25(31)19-16-22(23-9-6-14-33-23)27-20-8-5-4-7-18(19)20/h4-11,14-16H,12-13H2,1-3H3. The first-order valence-electron chi connectivity index (χ1n) is 10.9. The average molecular weight is 489 g/mol. The highest BCUT2D eigenvalue weighted by Crippen LogP contribution is 2.34. The van der Waals surface area contributed by atoms with Crippen molar-refractivity contribution in [3.63, 3.8) is 0 Å². The zero-order chi connectivity index (χ0) is 23.7. The number of methoxy groups -OCH3 is 1. The number of likely N-dealkylation sites (N-methyl/N-ethyl adjacent to an activating group) is 1. The number of para-hydroxylation sites is 1. The molecule has 0 aliphatic carbocycles. The predicted octanol–water partition coefficient (Wildman–Crippen LogP) is 5.79. The van der Waals surface area contributed by atoms with Gasteiger partial charge in [-0.05, 0) is 55.9 Å². The van der Waals surface area contributed by atoms with E-state index in [-0.39, 0.29) is 5.91 Å². The van der Waals surface area contributed by atoms with Gasteiger partial charge in [0.05, 0.1) is 39.0 Å². The maximum absolute atomic E-state index is 14.1. The number of thiophene rings is 1. The quantitative estimate of drug-likeness (QED) is 0.290. The summed E-state index contributed by atoms with van der Waals surface area (Å²) >= 11 is 3.11. The van der Waals surface area contributed by atoms with Crippen LogP contribution in [0.2, 0.25) is 0 Å². The third-order valence-corrected chi connectivity index (χ3v) is 7.48. The number of pyridine rings is 1. The Labute approximate surface area is 206 Å². The molecule has 3 aromatic heterocycles. The first-order chi connectivity index (χ1) is 16.5. The van der Waals surface area contributed by atoms with Crippen LogP contribution in [0.5, 0.6) is 5.75 Å². The summed E-state index contributed by atoms with van der Waals surface area (Å²) in [6.07, 6.45) is 0. The summed E-state index contributed by atoms with van der Waals surface area (Å²) in [6, 6.07) is 19.5. The maximum Gasteiger partial charge on any atom is 0.260 e. The molecule has 0 saturated carbocycles. The van der Waals surface area contributed by atoms with E-state index in [1.807, 2.05) is 80.1 Å². The molecule has 3 heterocycles. The van der Waals surface area contributed by atoms with Gasteiger partial charge in [0.15, 0.2) is 5.13 Å². The van der Waals surface area contributed by atoms with Gasteiger partial charge in [-0.3, -0.25) is 9.69 Å². The Bertz CT molecular complexity index is 1460. The maximum atomic E-state index is 14.1. The third-order valence-electron chi connectivity index (χ3n) is 5.55. The topological polar surface area (TPSA) is 58.6 Å². The summed E-state index contributed by atoms with van der Waals surface area (Å²) in [7, 11) is 5.65. The van der Waals surface area contributed by atoms with Crippen LogP contribution in [-0.4, -0.2) is 55.1 Å². The summed E-state index contributed by atoms with van der Waals surface area (Å²) in [4.78, 5) is 28.6. The molecule has 0 saturated heterocycles. The molecule has 0 radical (unpaired) electrons. The molecular weight excluding hydrogens is 464 g/mol. The largest absolute Gasteiger partial charge is 0.497 e. The van der Waals surface area contributed by atoms with E-state index in [0.29, 0.717) is 23.8 Å². The highest BCUT2D eigenvalue weighted by molar-refractivity contribution is 7.22. The van der Waals surface area contributed by atoms with Crippen LogP contribution in [0.1, 0.15) is 10.4 Å². The van der Waals surface area contributed by atoms with E-state index in [9.17, 15) is 4.79 Å². The Balaban J connectivity index is 1.63. The fourth-order valence-corrected chi connectivity index (χ4v) is 5.47. The van der Waals surface area contributed by atoms with Crippen LogP contribution >= 0.6 is 22.7 Å². The summed E-state index contributed by atoms with van der Waals surface area (Å²) in [5.74, 6) is 0.693. The van der Waals surface area contributed by atoms with E-state index >= 15 is 0 Å². The number of fused-ring (bicyclic) bond motifs is 2. The predicted molar refractivity (Wildman–Crippen MR) is 141 cm³/mol. The van der Waals surface area contributed by atoms with E-state index in [2.05, 4.69) is 4.90 Å². The van der Waals surface area contributed by atoms with Crippen LogP contribution in [0.25, 0.3) is 31.7 Å². The Kier molecular flexibility index (Phi) is 6.28. The highest BCUT2D eigenvalue weighted by Gasteiger charge is 2.24. The molecule has 6 nitrogen and oxygen atoms in total. The van der Waals surface area contributed by atoms with Crippen LogP contribution in [0.15, 0.2) is 66.0 Å². The molecule has 0 fully saturated rings. The number of carbonyl (C=O) groups excluding carboxylic acids is 1. The fourth-order valence-electron chi connectivity index (χ4n) is 3.77. The normalized spacial score (nSPS) is 11.4. The van der Waals surface area contributed by atoms with Gasteiger partial charge >= 0.3 is 0 Å². The number of hydrogen-bond donors (Lipinski definition) is 0. The molecular formula is C26H24N4O2S2. The monoisotopic (exact) mass is 488 g/mol. The lowest BCUT2D eigenvalue weighted by molar-refractivity contribution is 0.0986. The van der Waals surface area contributed by atoms with Crippen molar-refractivity contribution in [3.05, 3.63) is 71.6 Å². The summed E-state index contributed by atoms with van der Waals surface area (Å²) in [5.41, 5.74) is 3.09. The summed E-state index contributed by atoms with van der Waals surface area (Å²) in [6.45, 7) is 1.24. The van der Waals surface area contributed by atoms with Gasteiger partial charge in [0.1, 0.15) is 5.75 Å². The van der Waals surface area contributed by atoms with Crippen molar-refractivity contribution in [1.82, 2.24) is 14.9 Å². The van der Waals surface area contributed by atoms with E-state index in [0.717, 1.165) is 37.4 Å². The Morgan fingerprint density at radius 3 is 2.59 bits per heavy atom. The van der Waals surface area contributed by atoms with Crippen molar-refractivity contribution in [2.75, 3.05) is 39.2 Å². The molecule has 0 unspecified atom stereocenters. The van der Waals surface area contributed by atoms with Gasteiger partial charge in [-0.15, -0.1) is 11.3 Å². The molecule has 34 heavy (non-hydrogen) atoms. The lowest BCUT2D eigenvalue weighted by atomic mass is 10.1. The number of carbonyl (C=O) groups is 1. The first-order valence-corrected chi connectivity index (χ1v) is 12.6. The number of ether oxygens (including phenoxy) is 1. The molecule has 0 spiro atoms. The van der Waals surface area contributed by atoms with E-state index in [4.69, 9.17) is 14.7 Å². The van der Waals surface area contributed by atoms with E-state index in [1.54, 1.807) is 23.3 Å². The molecule has 5 aromatic rings. The molecule has 1 amide bonds. The van der Waals surface area contributed by atoms with Crippen LogP contribution in [-0.2, 0) is 0 Å². The number of rotatable bonds is 7. The number of nitrogens with zero attached hydrogens (tertiary/aromatic N) is 4. The first kappa shape index (κ1) is 22.5. The number of amides is 1. The van der Waals surface area contributed by atoms with Gasteiger partial charge in [-0.1, -0.05) is 35.6 Å². The zero-order valence-corrected chi connectivity index (χ0v) is 20.8. The molecule has 8 heteroatoms. The second-order valence-electron chi connectivity index (χ2n) is 8.14. The minimum absolute atomic E-state index is 0.0794. The number of aromatic nitrogens is 2. The summed E-state index contributed by atoms with van der Waals surface area (Å²) in [5, 5.41) is 3.53. The second kappa shape index (κ2) is 9.50. The lowest BCUT2D eigenvalue weighted by Gasteiger charge is -2.23. The SMILES string of the molecule is COc1ccc2nc(N(CCN(C)C)C(=O)c3cc(-c4cccs4)nc4ccccc34)sc2c1. The Hall–Kier alpha value is -3.33. The third kappa shape index (κ3) is 4.40. The van der Waals surface area contributed by atoms with E-state index < -0.39 is 0 Å². The van der Waals surface area contributed by atoms with Gasteiger partial charge in [-0.25, -0.2) is 9.97 Å². The van der Waals surface area contributed by atoms with E-state index in [1.165, 1.54) is 11.3 Å². The average Bonchev–Trinajstić information content (AvgIpc) is 3.53. The molecule has 0 atom stereocenters. The van der Waals surface area contributed by atoms with Crippen molar-refractivity contribution >= 4 is 54.8 Å². The van der Waals surface area contributed by atoms with Gasteiger partial charge in [0.2, 0.25) is 0 Å². The van der Waals surface area contributed by atoms with Gasteiger partial charge in [0.25, 0.3) is 5.91 Å². The minimum atomic E-state index is -0.0794. The highest BCUT2D eigenvalue weighted by atomic mass is 32.1. The molecule has 2 aromatic carbocycles. The van der Waals surface area contributed by atoms with Crippen molar-refractivity contribution in [2.24, 2.45) is 0 Å².